The van der Waals surface area contributed by atoms with Crippen LogP contribution in [-0.4, -0.2) is 0 Å². The second kappa shape index (κ2) is 5.47. The van der Waals surface area contributed by atoms with Crippen molar-refractivity contribution in [2.75, 3.05) is 0 Å². The van der Waals surface area contributed by atoms with E-state index in [9.17, 15) is 0 Å². The van der Waals surface area contributed by atoms with Gasteiger partial charge in [-0.1, -0.05) is 72.7 Å². The maximum atomic E-state index is 5.37. The summed E-state index contributed by atoms with van der Waals surface area (Å²) in [6, 6.07) is 27.1. The maximum absolute atomic E-state index is 5.37. The van der Waals surface area contributed by atoms with Crippen LogP contribution in [0.4, 0.5) is 0 Å². The number of hydrogen-bond donors (Lipinski definition) is 0. The smallest absolute Gasteiger partial charge is 0.0243 e. The zero-order chi connectivity index (χ0) is 13.8. The molecule has 0 heterocycles. The lowest BCUT2D eigenvalue weighted by molar-refractivity contribution is 1.58. The first-order chi connectivity index (χ1) is 9.86. The molecule has 0 nitrogen and oxygen atoms in total. The Morgan fingerprint density at radius 3 is 1.35 bits per heavy atom. The summed E-state index contributed by atoms with van der Waals surface area (Å²) in [6.07, 6.45) is 5.37. The van der Waals surface area contributed by atoms with Gasteiger partial charge in [-0.2, -0.15) is 0 Å². The minimum absolute atomic E-state index is 0.912. The number of rotatable bonds is 2. The van der Waals surface area contributed by atoms with Gasteiger partial charge in [0.2, 0.25) is 0 Å². The van der Waals surface area contributed by atoms with E-state index in [0.717, 1.165) is 5.56 Å². The third kappa shape index (κ3) is 2.48. The minimum Gasteiger partial charge on any atom is -0.115 e. The summed E-state index contributed by atoms with van der Waals surface area (Å²) >= 11 is 0. The quantitative estimate of drug-likeness (QED) is 0.564. The van der Waals surface area contributed by atoms with Gasteiger partial charge in [0.15, 0.2) is 0 Å². The fraction of sp³-hybridized carbons (Fsp3) is 0. The molecule has 3 aromatic rings. The second-order valence-electron chi connectivity index (χ2n) is 4.67. The molecule has 0 radical (unpaired) electrons. The van der Waals surface area contributed by atoms with E-state index in [-0.39, 0.29) is 0 Å². The predicted octanol–water partition coefficient (Wildman–Crippen LogP) is 5.00. The van der Waals surface area contributed by atoms with Crippen molar-refractivity contribution < 1.29 is 0 Å². The highest BCUT2D eigenvalue weighted by molar-refractivity contribution is 5.70. The van der Waals surface area contributed by atoms with Crippen molar-refractivity contribution in [1.82, 2.24) is 0 Å². The Morgan fingerprint density at radius 2 is 0.900 bits per heavy atom. The van der Waals surface area contributed by atoms with E-state index in [1.54, 1.807) is 0 Å². The van der Waals surface area contributed by atoms with Gasteiger partial charge in [-0.25, -0.2) is 0 Å². The average Bonchev–Trinajstić information content (AvgIpc) is 2.56. The number of benzene rings is 3. The monoisotopic (exact) mass is 254 g/mol. The van der Waals surface area contributed by atoms with E-state index in [0.29, 0.717) is 0 Å². The lowest BCUT2D eigenvalue weighted by Gasteiger charge is -2.05. The molecule has 0 atom stereocenters. The largest absolute Gasteiger partial charge is 0.115 e. The second-order valence-corrected chi connectivity index (χ2v) is 4.67. The van der Waals surface area contributed by atoms with Gasteiger partial charge in [0, 0.05) is 5.56 Å². The zero-order valence-electron chi connectivity index (χ0n) is 11.1. The standard InChI is InChI=1S/C20H14/c1-2-16-8-10-18(11-9-16)20-14-12-19(13-15-20)17-6-4-3-5-7-17/h1,3-15H. The molecule has 0 aliphatic carbocycles. The topological polar surface area (TPSA) is 0 Å². The average molecular weight is 254 g/mol. The molecule has 0 aromatic heterocycles. The normalized spacial score (nSPS) is 9.95. The molecule has 20 heavy (non-hydrogen) atoms. The summed E-state index contributed by atoms with van der Waals surface area (Å²) in [5.41, 5.74) is 5.77. The molecule has 3 rings (SSSR count). The molecule has 0 fully saturated rings. The molecule has 0 unspecified atom stereocenters. The Bertz CT molecular complexity index is 727. The van der Waals surface area contributed by atoms with Crippen LogP contribution < -0.4 is 0 Å². The highest BCUT2D eigenvalue weighted by Gasteiger charge is 2.00. The first kappa shape index (κ1) is 12.3. The highest BCUT2D eigenvalue weighted by Crippen LogP contribution is 2.24. The van der Waals surface area contributed by atoms with Crippen molar-refractivity contribution in [3.8, 4) is 34.6 Å². The zero-order valence-corrected chi connectivity index (χ0v) is 11.1. The predicted molar refractivity (Wildman–Crippen MR) is 85.2 cm³/mol. The Kier molecular flexibility index (Phi) is 3.35. The molecule has 0 N–H and O–H groups in total. The van der Waals surface area contributed by atoms with Crippen LogP contribution in [0, 0.1) is 12.3 Å². The van der Waals surface area contributed by atoms with Gasteiger partial charge in [-0.05, 0) is 34.4 Å². The first-order valence-electron chi connectivity index (χ1n) is 6.59. The first-order valence-corrected chi connectivity index (χ1v) is 6.59. The molecule has 0 aliphatic rings. The van der Waals surface area contributed by atoms with Crippen LogP contribution in [-0.2, 0) is 0 Å². The van der Waals surface area contributed by atoms with E-state index >= 15 is 0 Å². The van der Waals surface area contributed by atoms with Crippen LogP contribution in [0.2, 0.25) is 0 Å². The van der Waals surface area contributed by atoms with Gasteiger partial charge in [0.1, 0.15) is 0 Å². The molecule has 0 amide bonds. The van der Waals surface area contributed by atoms with Crippen molar-refractivity contribution in [2.45, 2.75) is 0 Å². The van der Waals surface area contributed by atoms with Gasteiger partial charge in [-0.3, -0.25) is 0 Å². The van der Waals surface area contributed by atoms with E-state index in [1.807, 2.05) is 18.2 Å². The van der Waals surface area contributed by atoms with Crippen LogP contribution in [0.25, 0.3) is 22.3 Å². The summed E-state index contributed by atoms with van der Waals surface area (Å²) in [5.74, 6) is 2.64. The van der Waals surface area contributed by atoms with Gasteiger partial charge in [-0.15, -0.1) is 6.42 Å². The molecule has 0 bridgehead atoms. The van der Waals surface area contributed by atoms with Crippen molar-refractivity contribution >= 4 is 0 Å². The fourth-order valence-electron chi connectivity index (χ4n) is 2.24. The van der Waals surface area contributed by atoms with Gasteiger partial charge >= 0.3 is 0 Å². The number of hydrogen-bond acceptors (Lipinski definition) is 0. The summed E-state index contributed by atoms with van der Waals surface area (Å²) in [5, 5.41) is 0. The molecule has 0 heteroatoms. The lowest BCUT2D eigenvalue weighted by atomic mass is 10.00. The third-order valence-electron chi connectivity index (χ3n) is 3.38. The molecule has 94 valence electrons. The van der Waals surface area contributed by atoms with Gasteiger partial charge in [0.05, 0.1) is 0 Å². The SMILES string of the molecule is C#Cc1ccc(-c2ccc(-c3ccccc3)cc2)cc1. The Morgan fingerprint density at radius 1 is 0.500 bits per heavy atom. The molecule has 3 aromatic carbocycles. The summed E-state index contributed by atoms with van der Waals surface area (Å²) in [6.45, 7) is 0. The Labute approximate surface area is 119 Å². The van der Waals surface area contributed by atoms with E-state index in [1.165, 1.54) is 22.3 Å². The number of terminal acetylenes is 1. The van der Waals surface area contributed by atoms with Crippen molar-refractivity contribution in [2.24, 2.45) is 0 Å². The van der Waals surface area contributed by atoms with E-state index < -0.39 is 0 Å². The summed E-state index contributed by atoms with van der Waals surface area (Å²) in [7, 11) is 0. The molecule has 0 saturated carbocycles. The Balaban J connectivity index is 1.91. The van der Waals surface area contributed by atoms with E-state index in [4.69, 9.17) is 6.42 Å². The molecular weight excluding hydrogens is 240 g/mol. The van der Waals surface area contributed by atoms with Crippen molar-refractivity contribution in [1.29, 1.82) is 0 Å². The minimum atomic E-state index is 0.912. The van der Waals surface area contributed by atoms with Gasteiger partial charge in [0.25, 0.3) is 0 Å². The van der Waals surface area contributed by atoms with Gasteiger partial charge < -0.3 is 0 Å². The molecule has 0 spiro atoms. The van der Waals surface area contributed by atoms with Crippen molar-refractivity contribution in [3.63, 3.8) is 0 Å². The van der Waals surface area contributed by atoms with Crippen LogP contribution in [0.5, 0.6) is 0 Å². The lowest BCUT2D eigenvalue weighted by Crippen LogP contribution is -1.81. The molecule has 0 saturated heterocycles. The van der Waals surface area contributed by atoms with Crippen LogP contribution >= 0.6 is 0 Å². The fourth-order valence-corrected chi connectivity index (χ4v) is 2.24. The van der Waals surface area contributed by atoms with Crippen LogP contribution in [0.3, 0.4) is 0 Å². The third-order valence-corrected chi connectivity index (χ3v) is 3.38. The van der Waals surface area contributed by atoms with Crippen molar-refractivity contribution in [3.05, 3.63) is 84.4 Å². The highest BCUT2D eigenvalue weighted by atomic mass is 14.0. The summed E-state index contributed by atoms with van der Waals surface area (Å²) in [4.78, 5) is 0. The van der Waals surface area contributed by atoms with Crippen LogP contribution in [0.1, 0.15) is 5.56 Å². The van der Waals surface area contributed by atoms with Crippen LogP contribution in [0.15, 0.2) is 78.9 Å². The van der Waals surface area contributed by atoms with E-state index in [2.05, 4.69) is 66.6 Å². The maximum Gasteiger partial charge on any atom is 0.0243 e. The Hall–Kier alpha value is -2.78. The summed E-state index contributed by atoms with van der Waals surface area (Å²) < 4.78 is 0. The molecule has 0 aliphatic heterocycles. The molecular formula is C20H14.